The van der Waals surface area contributed by atoms with Crippen molar-refractivity contribution in [3.8, 4) is 0 Å². The largest absolute Gasteiger partial charge is 0.481 e. The molecule has 1 aliphatic rings. The predicted molar refractivity (Wildman–Crippen MR) is 91.4 cm³/mol. The molecule has 0 bridgehead atoms. The zero-order valence-corrected chi connectivity index (χ0v) is 13.2. The zero-order valence-electron chi connectivity index (χ0n) is 13.2. The molecule has 1 saturated heterocycles. The molecule has 3 rings (SSSR count). The smallest absolute Gasteiger partial charge is 0.308 e. The van der Waals surface area contributed by atoms with Gasteiger partial charge in [0, 0.05) is 31.2 Å². The average Bonchev–Trinajstić information content (AvgIpc) is 2.96. The normalized spacial score (nSPS) is 21.7. The molecule has 1 aromatic carbocycles. The standard InChI is InChI=1S/C18H21BN2O2/c19-8-3-4-13-10-21(12-16(13)18(22)23)11-14-7-9-20-17-6-2-1-5-15(14)17/h1-2,5-7,9,13,16H,3-4,8,10-12H2,(H,22,23)/t13-,16+/m0/s1. The van der Waals surface area contributed by atoms with Crippen LogP contribution in [0.4, 0.5) is 0 Å². The number of pyridine rings is 1. The Kier molecular flexibility index (Phi) is 4.96. The second-order valence-corrected chi connectivity index (χ2v) is 6.32. The summed E-state index contributed by atoms with van der Waals surface area (Å²) < 4.78 is 0. The maximum absolute atomic E-state index is 11.5. The van der Waals surface area contributed by atoms with E-state index in [1.807, 2.05) is 30.5 Å². The number of benzene rings is 1. The Hall–Kier alpha value is -1.88. The van der Waals surface area contributed by atoms with Crippen molar-refractivity contribution in [2.75, 3.05) is 13.1 Å². The van der Waals surface area contributed by atoms with Crippen LogP contribution in [0.2, 0.25) is 6.32 Å². The summed E-state index contributed by atoms with van der Waals surface area (Å²) in [5.74, 6) is -0.770. The lowest BCUT2D eigenvalue weighted by atomic mass is 9.88. The van der Waals surface area contributed by atoms with E-state index in [9.17, 15) is 9.90 Å². The van der Waals surface area contributed by atoms with Crippen LogP contribution in [-0.2, 0) is 11.3 Å². The summed E-state index contributed by atoms with van der Waals surface area (Å²) in [4.78, 5) is 18.2. The molecule has 23 heavy (non-hydrogen) atoms. The number of aromatic nitrogens is 1. The number of likely N-dealkylation sites (tertiary alicyclic amines) is 1. The fraction of sp³-hybridized carbons (Fsp3) is 0.444. The van der Waals surface area contributed by atoms with Crippen molar-refractivity contribution in [2.45, 2.75) is 25.7 Å². The third kappa shape index (κ3) is 3.55. The lowest BCUT2D eigenvalue weighted by molar-refractivity contribution is -0.142. The molecule has 2 heterocycles. The number of nitrogens with zero attached hydrogens (tertiary/aromatic N) is 2. The molecule has 2 atom stereocenters. The van der Waals surface area contributed by atoms with Crippen LogP contribution in [0.5, 0.6) is 0 Å². The predicted octanol–water partition coefficient (Wildman–Crippen LogP) is 2.73. The van der Waals surface area contributed by atoms with Crippen molar-refractivity contribution in [1.29, 1.82) is 0 Å². The van der Waals surface area contributed by atoms with E-state index in [1.54, 1.807) is 0 Å². The quantitative estimate of drug-likeness (QED) is 0.834. The highest BCUT2D eigenvalue weighted by atomic mass is 16.4. The third-order valence-corrected chi connectivity index (χ3v) is 4.75. The molecule has 0 saturated carbocycles. The summed E-state index contributed by atoms with van der Waals surface area (Å²) >= 11 is 0. The van der Waals surface area contributed by atoms with E-state index < -0.39 is 5.97 Å². The molecule has 118 valence electrons. The molecule has 1 N–H and O–H groups in total. The van der Waals surface area contributed by atoms with Gasteiger partial charge in [0.15, 0.2) is 0 Å². The Labute approximate surface area is 137 Å². The molecule has 0 unspecified atom stereocenters. The number of aliphatic carboxylic acids is 1. The highest BCUT2D eigenvalue weighted by Crippen LogP contribution is 2.30. The van der Waals surface area contributed by atoms with Gasteiger partial charge in [0.05, 0.1) is 19.3 Å². The Morgan fingerprint density at radius 3 is 2.91 bits per heavy atom. The molecule has 1 aromatic heterocycles. The van der Waals surface area contributed by atoms with E-state index in [0.717, 1.165) is 36.8 Å². The molecule has 1 aliphatic heterocycles. The minimum absolute atomic E-state index is 0.198. The molecule has 4 nitrogen and oxygen atoms in total. The number of carboxylic acid groups (broad SMARTS) is 1. The summed E-state index contributed by atoms with van der Waals surface area (Å²) in [5, 5.41) is 10.6. The van der Waals surface area contributed by atoms with E-state index in [1.165, 1.54) is 5.56 Å². The minimum atomic E-state index is -0.686. The van der Waals surface area contributed by atoms with Gasteiger partial charge in [-0.05, 0) is 30.0 Å². The first-order valence-electron chi connectivity index (χ1n) is 8.17. The Morgan fingerprint density at radius 1 is 1.30 bits per heavy atom. The number of carboxylic acids is 1. The van der Waals surface area contributed by atoms with Gasteiger partial charge < -0.3 is 5.11 Å². The molecular formula is C18H21BN2O2. The van der Waals surface area contributed by atoms with E-state index in [-0.39, 0.29) is 11.8 Å². The van der Waals surface area contributed by atoms with Gasteiger partial charge >= 0.3 is 5.97 Å². The van der Waals surface area contributed by atoms with Gasteiger partial charge in [0.1, 0.15) is 0 Å². The maximum atomic E-state index is 11.5. The number of hydrogen-bond donors (Lipinski definition) is 1. The van der Waals surface area contributed by atoms with Crippen molar-refractivity contribution < 1.29 is 9.90 Å². The number of fused-ring (bicyclic) bond motifs is 1. The van der Waals surface area contributed by atoms with E-state index in [0.29, 0.717) is 12.9 Å². The Balaban J connectivity index is 1.76. The summed E-state index contributed by atoms with van der Waals surface area (Å²) in [6, 6.07) is 10.1. The van der Waals surface area contributed by atoms with Gasteiger partial charge in [-0.3, -0.25) is 14.7 Å². The first-order valence-corrected chi connectivity index (χ1v) is 8.17. The van der Waals surface area contributed by atoms with Crippen molar-refractivity contribution >= 4 is 24.7 Å². The van der Waals surface area contributed by atoms with Crippen LogP contribution in [0.1, 0.15) is 18.4 Å². The van der Waals surface area contributed by atoms with E-state index in [2.05, 4.69) is 16.0 Å². The average molecular weight is 308 g/mol. The van der Waals surface area contributed by atoms with E-state index >= 15 is 0 Å². The van der Waals surface area contributed by atoms with Crippen LogP contribution < -0.4 is 0 Å². The van der Waals surface area contributed by atoms with Crippen molar-refractivity contribution in [1.82, 2.24) is 9.88 Å². The van der Waals surface area contributed by atoms with Gasteiger partial charge in [-0.25, -0.2) is 0 Å². The van der Waals surface area contributed by atoms with Crippen molar-refractivity contribution in [3.63, 3.8) is 0 Å². The van der Waals surface area contributed by atoms with Gasteiger partial charge in [-0.1, -0.05) is 30.9 Å². The molecular weight excluding hydrogens is 287 g/mol. The number of para-hydroxylation sites is 1. The highest BCUT2D eigenvalue weighted by Gasteiger charge is 2.36. The Morgan fingerprint density at radius 2 is 2.13 bits per heavy atom. The fourth-order valence-corrected chi connectivity index (χ4v) is 3.58. The van der Waals surface area contributed by atoms with Crippen LogP contribution >= 0.6 is 0 Å². The highest BCUT2D eigenvalue weighted by molar-refractivity contribution is 6.08. The van der Waals surface area contributed by atoms with Crippen molar-refractivity contribution in [3.05, 3.63) is 42.1 Å². The minimum Gasteiger partial charge on any atom is -0.481 e. The van der Waals surface area contributed by atoms with Crippen LogP contribution in [0.3, 0.4) is 0 Å². The summed E-state index contributed by atoms with van der Waals surface area (Å²) in [6.45, 7) is 2.21. The Bertz CT molecular complexity index is 686. The van der Waals surface area contributed by atoms with Crippen LogP contribution in [0.25, 0.3) is 10.9 Å². The maximum Gasteiger partial charge on any atom is 0.308 e. The van der Waals surface area contributed by atoms with Crippen LogP contribution in [0, 0.1) is 11.8 Å². The van der Waals surface area contributed by atoms with Gasteiger partial charge in [-0.15, -0.1) is 0 Å². The second-order valence-electron chi connectivity index (χ2n) is 6.32. The molecule has 2 radical (unpaired) electrons. The second kappa shape index (κ2) is 7.13. The van der Waals surface area contributed by atoms with Crippen molar-refractivity contribution in [2.24, 2.45) is 11.8 Å². The third-order valence-electron chi connectivity index (χ3n) is 4.75. The number of rotatable bonds is 6. The lowest BCUT2D eigenvalue weighted by Crippen LogP contribution is -2.23. The van der Waals surface area contributed by atoms with Gasteiger partial charge in [0.25, 0.3) is 0 Å². The first kappa shape index (κ1) is 16.0. The molecule has 0 aliphatic carbocycles. The first-order chi connectivity index (χ1) is 11.2. The SMILES string of the molecule is [B]CCC[C@H]1CN(Cc2ccnc3ccccc23)C[C@H]1C(=O)O. The molecule has 1 fully saturated rings. The summed E-state index contributed by atoms with van der Waals surface area (Å²) in [7, 11) is 5.58. The van der Waals surface area contributed by atoms with Gasteiger partial charge in [-0.2, -0.15) is 0 Å². The summed E-state index contributed by atoms with van der Waals surface area (Å²) in [6.07, 6.45) is 4.23. The molecule has 2 aromatic rings. The summed E-state index contributed by atoms with van der Waals surface area (Å²) in [5.41, 5.74) is 2.19. The molecule has 0 spiro atoms. The fourth-order valence-electron chi connectivity index (χ4n) is 3.58. The van der Waals surface area contributed by atoms with E-state index in [4.69, 9.17) is 7.85 Å². The number of hydrogen-bond acceptors (Lipinski definition) is 3. The monoisotopic (exact) mass is 308 g/mol. The lowest BCUT2D eigenvalue weighted by Gasteiger charge is -2.17. The van der Waals surface area contributed by atoms with Crippen LogP contribution in [-0.4, -0.2) is 41.9 Å². The topological polar surface area (TPSA) is 53.4 Å². The zero-order chi connectivity index (χ0) is 16.2. The molecule has 5 heteroatoms. The number of carbonyl (C=O) groups is 1. The molecule has 0 amide bonds. The van der Waals surface area contributed by atoms with Gasteiger partial charge in [0.2, 0.25) is 0 Å². The van der Waals surface area contributed by atoms with Crippen LogP contribution in [0.15, 0.2) is 36.5 Å².